The van der Waals surface area contributed by atoms with Crippen LogP contribution in [0.15, 0.2) is 29.4 Å². The topological polar surface area (TPSA) is 139 Å². The molecule has 24 heavy (non-hydrogen) atoms. The van der Waals surface area contributed by atoms with Gasteiger partial charge in [-0.05, 0) is 19.9 Å². The van der Waals surface area contributed by atoms with E-state index in [1.807, 2.05) is 0 Å². The number of hydrogen-bond donors (Lipinski definition) is 1. The third-order valence-corrected chi connectivity index (χ3v) is 3.11. The molecule has 10 nitrogen and oxygen atoms in total. The van der Waals surface area contributed by atoms with E-state index in [-0.39, 0.29) is 12.1 Å². The number of hydrazone groups is 1. The molecule has 2 aromatic rings. The molecule has 0 radical (unpaired) electrons. The van der Waals surface area contributed by atoms with Gasteiger partial charge in [-0.25, -0.2) is 10.1 Å². The Bertz CT molecular complexity index is 863. The van der Waals surface area contributed by atoms with Crippen LogP contribution in [0.2, 0.25) is 0 Å². The van der Waals surface area contributed by atoms with Crippen LogP contribution in [0.3, 0.4) is 0 Å². The lowest BCUT2D eigenvalue weighted by Gasteiger charge is -2.04. The van der Waals surface area contributed by atoms with Crippen LogP contribution in [0.4, 0.5) is 5.69 Å². The monoisotopic (exact) mass is 327 g/mol. The number of hydrogen-bond acceptors (Lipinski definition) is 7. The van der Waals surface area contributed by atoms with Crippen LogP contribution in [0.1, 0.15) is 24.7 Å². The lowest BCUT2D eigenvalue weighted by molar-refractivity contribution is -0.384. The van der Waals surface area contributed by atoms with E-state index < -0.39 is 10.8 Å². The number of non-ortho nitro benzene ring substituents is 1. The van der Waals surface area contributed by atoms with Crippen molar-refractivity contribution in [2.45, 2.75) is 20.3 Å². The fraction of sp³-hybridized carbons (Fsp3) is 0.214. The second-order valence-electron chi connectivity index (χ2n) is 4.78. The molecule has 1 aromatic heterocycles. The summed E-state index contributed by atoms with van der Waals surface area (Å²) in [4.78, 5) is 21.6. The summed E-state index contributed by atoms with van der Waals surface area (Å²) in [6, 6.07) is 7.70. The highest BCUT2D eigenvalue weighted by atomic mass is 16.6. The van der Waals surface area contributed by atoms with E-state index in [0.717, 1.165) is 0 Å². The lowest BCUT2D eigenvalue weighted by Crippen LogP contribution is -2.18. The highest BCUT2D eigenvalue weighted by Gasteiger charge is 2.15. The first-order chi connectivity index (χ1) is 11.4. The van der Waals surface area contributed by atoms with Crippen LogP contribution < -0.4 is 5.43 Å². The van der Waals surface area contributed by atoms with Crippen LogP contribution >= 0.6 is 0 Å². The zero-order chi connectivity index (χ0) is 17.7. The largest absolute Gasteiger partial charge is 0.272 e. The van der Waals surface area contributed by atoms with Crippen molar-refractivity contribution in [1.29, 1.82) is 5.26 Å². The van der Waals surface area contributed by atoms with E-state index >= 15 is 0 Å². The molecule has 0 aliphatic heterocycles. The van der Waals surface area contributed by atoms with Gasteiger partial charge in [0.2, 0.25) is 0 Å². The standard InChI is InChI=1S/C14H13N7O3/c1-9(16-17-13(22)6-7-15)14-10(2)20(19-18-14)11-4-3-5-12(8-11)21(23)24/h3-5,8H,6H2,1-2H3,(H,17,22)/b16-9+. The maximum Gasteiger partial charge on any atom is 0.271 e. The normalized spacial score (nSPS) is 11.0. The predicted molar refractivity (Wildman–Crippen MR) is 83.3 cm³/mol. The molecule has 10 heteroatoms. The molecule has 1 aromatic carbocycles. The van der Waals surface area contributed by atoms with Crippen molar-refractivity contribution >= 4 is 17.3 Å². The zero-order valence-corrected chi connectivity index (χ0v) is 12.9. The Morgan fingerprint density at radius 3 is 2.96 bits per heavy atom. The van der Waals surface area contributed by atoms with Gasteiger partial charge in [-0.15, -0.1) is 5.10 Å². The van der Waals surface area contributed by atoms with Crippen LogP contribution in [-0.2, 0) is 4.79 Å². The van der Waals surface area contributed by atoms with E-state index in [4.69, 9.17) is 5.26 Å². The molecular formula is C14H13N7O3. The number of amides is 1. The smallest absolute Gasteiger partial charge is 0.271 e. The number of benzene rings is 1. The molecule has 1 amide bonds. The van der Waals surface area contributed by atoms with Crippen molar-refractivity contribution in [3.05, 3.63) is 45.8 Å². The number of rotatable bonds is 5. The minimum absolute atomic E-state index is 0.0573. The molecular weight excluding hydrogens is 314 g/mol. The minimum Gasteiger partial charge on any atom is -0.272 e. The number of nitrogens with one attached hydrogen (secondary N) is 1. The molecule has 0 saturated heterocycles. The van der Waals surface area contributed by atoms with Crippen molar-refractivity contribution in [2.75, 3.05) is 0 Å². The summed E-state index contributed by atoms with van der Waals surface area (Å²) in [7, 11) is 0. The average Bonchev–Trinajstić information content (AvgIpc) is 2.94. The molecule has 122 valence electrons. The molecule has 2 rings (SSSR count). The highest BCUT2D eigenvalue weighted by molar-refractivity contribution is 5.98. The first kappa shape index (κ1) is 16.8. The third-order valence-electron chi connectivity index (χ3n) is 3.11. The van der Waals surface area contributed by atoms with Crippen molar-refractivity contribution in [1.82, 2.24) is 20.4 Å². The Hall–Kier alpha value is -3.61. The van der Waals surface area contributed by atoms with Gasteiger partial charge in [0.1, 0.15) is 12.1 Å². The van der Waals surface area contributed by atoms with Crippen molar-refractivity contribution in [3.8, 4) is 11.8 Å². The Labute approximate surface area is 136 Å². The maximum atomic E-state index is 11.2. The van der Waals surface area contributed by atoms with Crippen LogP contribution in [0.5, 0.6) is 0 Å². The fourth-order valence-electron chi connectivity index (χ4n) is 1.96. The van der Waals surface area contributed by atoms with Gasteiger partial charge in [-0.1, -0.05) is 11.3 Å². The van der Waals surface area contributed by atoms with Gasteiger partial charge in [0.15, 0.2) is 0 Å². The van der Waals surface area contributed by atoms with Gasteiger partial charge in [0.05, 0.1) is 28.1 Å². The molecule has 0 fully saturated rings. The SMILES string of the molecule is C/C(=N\NC(=O)CC#N)c1nnn(-c2cccc([N+](=O)[O-])c2)c1C. The number of carbonyl (C=O) groups excluding carboxylic acids is 1. The summed E-state index contributed by atoms with van der Waals surface area (Å²) in [5.74, 6) is -0.527. The summed E-state index contributed by atoms with van der Waals surface area (Å²) < 4.78 is 1.44. The van der Waals surface area contributed by atoms with Crippen LogP contribution in [0, 0.1) is 28.4 Å². The maximum absolute atomic E-state index is 11.2. The molecule has 0 saturated carbocycles. The van der Waals surface area contributed by atoms with E-state index in [1.54, 1.807) is 32.0 Å². The second kappa shape index (κ2) is 7.10. The lowest BCUT2D eigenvalue weighted by atomic mass is 10.2. The highest BCUT2D eigenvalue weighted by Crippen LogP contribution is 2.18. The van der Waals surface area contributed by atoms with Crippen molar-refractivity contribution in [3.63, 3.8) is 0 Å². The first-order valence-electron chi connectivity index (χ1n) is 6.81. The van der Waals surface area contributed by atoms with Crippen molar-refractivity contribution < 1.29 is 9.72 Å². The summed E-state index contributed by atoms with van der Waals surface area (Å²) in [5, 5.41) is 31.1. The average molecular weight is 327 g/mol. The number of nitro groups is 1. The summed E-state index contributed by atoms with van der Waals surface area (Å²) >= 11 is 0. The minimum atomic E-state index is -0.527. The molecule has 1 heterocycles. The van der Waals surface area contributed by atoms with Gasteiger partial charge in [0.25, 0.3) is 11.6 Å². The zero-order valence-electron chi connectivity index (χ0n) is 12.9. The summed E-state index contributed by atoms with van der Waals surface area (Å²) in [6.07, 6.45) is -0.296. The van der Waals surface area contributed by atoms with E-state index in [9.17, 15) is 14.9 Å². The molecule has 0 atom stereocenters. The number of aromatic nitrogens is 3. The van der Waals surface area contributed by atoms with Gasteiger partial charge in [0, 0.05) is 12.1 Å². The van der Waals surface area contributed by atoms with Crippen LogP contribution in [0.25, 0.3) is 5.69 Å². The predicted octanol–water partition coefficient (Wildman–Crippen LogP) is 1.24. The Morgan fingerprint density at radius 2 is 2.29 bits per heavy atom. The first-order valence-corrected chi connectivity index (χ1v) is 6.81. The molecule has 0 unspecified atom stereocenters. The van der Waals surface area contributed by atoms with E-state index in [1.165, 1.54) is 16.8 Å². The fourth-order valence-corrected chi connectivity index (χ4v) is 1.96. The molecule has 0 spiro atoms. The second-order valence-corrected chi connectivity index (χ2v) is 4.78. The van der Waals surface area contributed by atoms with E-state index in [2.05, 4.69) is 20.8 Å². The van der Waals surface area contributed by atoms with Gasteiger partial charge >= 0.3 is 0 Å². The number of nitro benzene ring substituents is 1. The third kappa shape index (κ3) is 3.58. The van der Waals surface area contributed by atoms with Gasteiger partial charge in [-0.3, -0.25) is 14.9 Å². The van der Waals surface area contributed by atoms with Crippen LogP contribution in [-0.4, -0.2) is 31.5 Å². The Morgan fingerprint density at radius 1 is 1.54 bits per heavy atom. The molecule has 0 aliphatic rings. The molecule has 0 bridgehead atoms. The summed E-state index contributed by atoms with van der Waals surface area (Å²) in [5.41, 5.74) is 4.10. The number of nitriles is 1. The quantitative estimate of drug-likeness (QED) is 0.498. The number of carbonyl (C=O) groups is 1. The molecule has 0 aliphatic carbocycles. The van der Waals surface area contributed by atoms with Gasteiger partial charge < -0.3 is 0 Å². The number of nitrogens with zero attached hydrogens (tertiary/aromatic N) is 6. The van der Waals surface area contributed by atoms with E-state index in [0.29, 0.717) is 22.8 Å². The Balaban J connectivity index is 2.30. The Kier molecular flexibility index (Phi) is 4.96. The van der Waals surface area contributed by atoms with Gasteiger partial charge in [-0.2, -0.15) is 10.4 Å². The molecule has 1 N–H and O–H groups in total. The van der Waals surface area contributed by atoms with Crippen molar-refractivity contribution in [2.24, 2.45) is 5.10 Å². The summed E-state index contributed by atoms with van der Waals surface area (Å²) in [6.45, 7) is 3.35.